The van der Waals surface area contributed by atoms with Gasteiger partial charge >= 0.3 is 0 Å². The van der Waals surface area contributed by atoms with E-state index in [-0.39, 0.29) is 4.90 Å². The lowest BCUT2D eigenvalue weighted by Gasteiger charge is -2.00. The molecule has 0 aliphatic carbocycles. The molecular weight excluding hydrogens is 372 g/mol. The zero-order valence-corrected chi connectivity index (χ0v) is 15.0. The molecule has 0 unspecified atom stereocenters. The molecule has 0 aliphatic rings. The topological polar surface area (TPSA) is 97.1 Å². The molecular formula is C19H13ClN2O3S. The second-order valence-electron chi connectivity index (χ2n) is 5.45. The van der Waals surface area contributed by atoms with Gasteiger partial charge < -0.3 is 4.42 Å². The van der Waals surface area contributed by atoms with Gasteiger partial charge in [0.25, 0.3) is 0 Å². The summed E-state index contributed by atoms with van der Waals surface area (Å²) >= 11 is 5.86. The van der Waals surface area contributed by atoms with E-state index in [0.717, 1.165) is 5.56 Å². The summed E-state index contributed by atoms with van der Waals surface area (Å²) in [5.74, 6) is 1.05. The van der Waals surface area contributed by atoms with Crippen LogP contribution in [0.3, 0.4) is 0 Å². The maximum Gasteiger partial charge on any atom is 0.238 e. The quantitative estimate of drug-likeness (QED) is 0.677. The van der Waals surface area contributed by atoms with Crippen LogP contribution in [0.2, 0.25) is 5.02 Å². The van der Waals surface area contributed by atoms with E-state index in [2.05, 4.69) is 6.07 Å². The summed E-state index contributed by atoms with van der Waals surface area (Å²) < 4.78 is 28.3. The van der Waals surface area contributed by atoms with Gasteiger partial charge in [0.05, 0.1) is 16.5 Å². The number of rotatable bonds is 4. The zero-order chi connectivity index (χ0) is 18.7. The molecule has 0 fully saturated rings. The summed E-state index contributed by atoms with van der Waals surface area (Å²) in [4.78, 5) is 0.0300. The first-order chi connectivity index (χ1) is 12.4. The number of halogens is 1. The number of benzene rings is 2. The fourth-order valence-electron chi connectivity index (χ4n) is 2.35. The number of hydrogen-bond donors (Lipinski definition) is 1. The predicted octanol–water partition coefficient (Wildman–Crippen LogP) is 4.31. The van der Waals surface area contributed by atoms with Crippen molar-refractivity contribution in [2.75, 3.05) is 0 Å². The third-order valence-corrected chi connectivity index (χ3v) is 4.84. The summed E-state index contributed by atoms with van der Waals surface area (Å²) in [5, 5.41) is 15.1. The maximum atomic E-state index is 11.3. The smallest absolute Gasteiger partial charge is 0.238 e. The number of furan rings is 1. The lowest BCUT2D eigenvalue weighted by molar-refractivity contribution is 0.571. The van der Waals surface area contributed by atoms with Gasteiger partial charge in [0, 0.05) is 10.6 Å². The first-order valence-corrected chi connectivity index (χ1v) is 9.40. The van der Waals surface area contributed by atoms with Crippen LogP contribution in [0.25, 0.3) is 23.0 Å². The molecule has 0 spiro atoms. The van der Waals surface area contributed by atoms with Crippen molar-refractivity contribution in [3.8, 4) is 17.4 Å². The van der Waals surface area contributed by atoms with Gasteiger partial charge in [-0.15, -0.1) is 0 Å². The van der Waals surface area contributed by atoms with E-state index in [1.807, 2.05) is 0 Å². The van der Waals surface area contributed by atoms with Crippen molar-refractivity contribution in [1.82, 2.24) is 0 Å². The Hall–Kier alpha value is -2.85. The number of hydrogen-bond acceptors (Lipinski definition) is 4. The molecule has 0 radical (unpaired) electrons. The molecule has 0 atom stereocenters. The fraction of sp³-hybridized carbons (Fsp3) is 0. The molecule has 3 aromatic rings. The van der Waals surface area contributed by atoms with Crippen molar-refractivity contribution in [2.24, 2.45) is 5.14 Å². The van der Waals surface area contributed by atoms with Crippen LogP contribution in [-0.2, 0) is 10.0 Å². The molecule has 1 aromatic heterocycles. The van der Waals surface area contributed by atoms with E-state index in [1.165, 1.54) is 12.1 Å². The van der Waals surface area contributed by atoms with Crippen LogP contribution in [0.5, 0.6) is 0 Å². The van der Waals surface area contributed by atoms with Crippen molar-refractivity contribution in [2.45, 2.75) is 4.90 Å². The van der Waals surface area contributed by atoms with E-state index in [0.29, 0.717) is 27.7 Å². The number of nitrogens with two attached hydrogens (primary N) is 1. The summed E-state index contributed by atoms with van der Waals surface area (Å²) in [6.45, 7) is 0. The van der Waals surface area contributed by atoms with Gasteiger partial charge in [-0.25, -0.2) is 13.6 Å². The van der Waals surface area contributed by atoms with E-state index in [9.17, 15) is 13.7 Å². The summed E-state index contributed by atoms with van der Waals surface area (Å²) in [5.41, 5.74) is 1.86. The number of primary sulfonamides is 1. The Labute approximate surface area is 156 Å². The molecule has 0 amide bonds. The standard InChI is InChI=1S/C19H13ClN2O3S/c20-16-5-1-13(2-6-16)15(12-21)11-17-7-10-19(25-17)14-3-8-18(9-4-14)26(22,23)24/h1-11H,(H2,22,23,24)/b15-11-. The lowest BCUT2D eigenvalue weighted by Crippen LogP contribution is -2.11. The van der Waals surface area contributed by atoms with E-state index >= 15 is 0 Å². The maximum absolute atomic E-state index is 11.3. The largest absolute Gasteiger partial charge is 0.457 e. The molecule has 26 heavy (non-hydrogen) atoms. The monoisotopic (exact) mass is 384 g/mol. The molecule has 130 valence electrons. The number of allylic oxidation sites excluding steroid dienone is 1. The number of sulfonamides is 1. The minimum atomic E-state index is -3.74. The van der Waals surface area contributed by atoms with Crippen molar-refractivity contribution in [3.05, 3.63) is 77.0 Å². The van der Waals surface area contributed by atoms with Crippen molar-refractivity contribution < 1.29 is 12.8 Å². The number of nitrogens with zero attached hydrogens (tertiary/aromatic N) is 1. The van der Waals surface area contributed by atoms with E-state index < -0.39 is 10.0 Å². The Morgan fingerprint density at radius 3 is 2.27 bits per heavy atom. The molecule has 0 saturated heterocycles. The minimum Gasteiger partial charge on any atom is -0.457 e. The highest BCUT2D eigenvalue weighted by molar-refractivity contribution is 7.89. The fourth-order valence-corrected chi connectivity index (χ4v) is 2.99. The van der Waals surface area contributed by atoms with Crippen LogP contribution in [0, 0.1) is 11.3 Å². The minimum absolute atomic E-state index is 0.0300. The Morgan fingerprint density at radius 2 is 1.69 bits per heavy atom. The molecule has 0 bridgehead atoms. The molecule has 7 heteroatoms. The van der Waals surface area contributed by atoms with Gasteiger partial charge in [-0.05, 0) is 60.2 Å². The van der Waals surface area contributed by atoms with Crippen molar-refractivity contribution in [3.63, 3.8) is 0 Å². The van der Waals surface area contributed by atoms with Crippen LogP contribution in [-0.4, -0.2) is 8.42 Å². The van der Waals surface area contributed by atoms with Crippen LogP contribution in [0.1, 0.15) is 11.3 Å². The lowest BCUT2D eigenvalue weighted by atomic mass is 10.1. The van der Waals surface area contributed by atoms with Crippen LogP contribution in [0.15, 0.2) is 70.0 Å². The highest BCUT2D eigenvalue weighted by atomic mass is 35.5. The first-order valence-electron chi connectivity index (χ1n) is 7.47. The molecule has 2 aromatic carbocycles. The normalized spacial score (nSPS) is 12.0. The summed E-state index contributed by atoms with van der Waals surface area (Å²) in [6, 6.07) is 18.6. The Kier molecular flexibility index (Phi) is 4.96. The van der Waals surface area contributed by atoms with Gasteiger partial charge in [-0.1, -0.05) is 23.7 Å². The van der Waals surface area contributed by atoms with E-state index in [4.69, 9.17) is 21.2 Å². The molecule has 2 N–H and O–H groups in total. The van der Waals surface area contributed by atoms with Gasteiger partial charge in [0.2, 0.25) is 10.0 Å². The van der Waals surface area contributed by atoms with Crippen molar-refractivity contribution >= 4 is 33.3 Å². The average molecular weight is 385 g/mol. The van der Waals surface area contributed by atoms with Crippen molar-refractivity contribution in [1.29, 1.82) is 5.26 Å². The van der Waals surface area contributed by atoms with Gasteiger partial charge in [0.15, 0.2) is 0 Å². The second kappa shape index (κ2) is 7.18. The summed E-state index contributed by atoms with van der Waals surface area (Å²) in [6.07, 6.45) is 1.63. The Balaban J connectivity index is 1.89. The summed E-state index contributed by atoms with van der Waals surface area (Å²) in [7, 11) is -3.74. The molecule has 5 nitrogen and oxygen atoms in total. The Bertz CT molecular complexity index is 1110. The Morgan fingerprint density at radius 1 is 1.04 bits per heavy atom. The van der Waals surface area contributed by atoms with Gasteiger partial charge in [-0.3, -0.25) is 0 Å². The third-order valence-electron chi connectivity index (χ3n) is 3.66. The third kappa shape index (κ3) is 4.03. The van der Waals surface area contributed by atoms with Gasteiger partial charge in [-0.2, -0.15) is 5.26 Å². The van der Waals surface area contributed by atoms with Gasteiger partial charge in [0.1, 0.15) is 11.5 Å². The van der Waals surface area contributed by atoms with Crippen LogP contribution >= 0.6 is 11.6 Å². The predicted molar refractivity (Wildman–Crippen MR) is 100 cm³/mol. The molecule has 0 saturated carbocycles. The highest BCUT2D eigenvalue weighted by Crippen LogP contribution is 2.26. The average Bonchev–Trinajstić information content (AvgIpc) is 3.08. The van der Waals surface area contributed by atoms with E-state index in [1.54, 1.807) is 54.6 Å². The SMILES string of the molecule is N#C/C(=C/c1ccc(-c2ccc(S(N)(=O)=O)cc2)o1)c1ccc(Cl)cc1. The molecule has 0 aliphatic heterocycles. The first kappa shape index (κ1) is 18.0. The van der Waals surface area contributed by atoms with Crippen LogP contribution in [0.4, 0.5) is 0 Å². The molecule has 3 rings (SSSR count). The number of nitriles is 1. The highest BCUT2D eigenvalue weighted by Gasteiger charge is 2.10. The van der Waals surface area contributed by atoms with Crippen LogP contribution < -0.4 is 5.14 Å². The second-order valence-corrected chi connectivity index (χ2v) is 7.45. The zero-order valence-electron chi connectivity index (χ0n) is 13.4. The molecule has 1 heterocycles.